The van der Waals surface area contributed by atoms with E-state index in [-0.39, 0.29) is 23.5 Å². The van der Waals surface area contributed by atoms with E-state index in [4.69, 9.17) is 25.5 Å². The van der Waals surface area contributed by atoms with Gasteiger partial charge in [-0.1, -0.05) is 0 Å². The van der Waals surface area contributed by atoms with Crippen molar-refractivity contribution in [2.24, 2.45) is 5.73 Å². The van der Waals surface area contributed by atoms with E-state index in [1.54, 1.807) is 0 Å². The van der Waals surface area contributed by atoms with Crippen LogP contribution in [-0.4, -0.2) is 96.7 Å². The standard InChI is InChI=1S/C16H23N8O10P/c17-1-8(26)19-2-9(27)20-3-10(28)33-13-12(34-35(29,30)31)7(4-25)32-16(13)24-6-23-11-14(18)21-5-22-15(11)24/h5-7,12-13,16,25H,1-4,17H2,(H,19,26)(H,20,27)(H2,18,21,22)(H2,29,30,31)/t7-,12-,13-,16-/m1/s1. The summed E-state index contributed by atoms with van der Waals surface area (Å²) >= 11 is 0. The van der Waals surface area contributed by atoms with Crippen molar-refractivity contribution in [1.29, 1.82) is 0 Å². The van der Waals surface area contributed by atoms with Crippen molar-refractivity contribution < 1.29 is 47.8 Å². The molecule has 4 atom stereocenters. The van der Waals surface area contributed by atoms with Crippen LogP contribution in [0.3, 0.4) is 0 Å². The normalized spacial score (nSPS) is 22.2. The predicted octanol–water partition coefficient (Wildman–Crippen LogP) is -4.12. The number of esters is 1. The number of phosphoric acid groups is 1. The van der Waals surface area contributed by atoms with Gasteiger partial charge in [-0.05, 0) is 0 Å². The van der Waals surface area contributed by atoms with E-state index >= 15 is 0 Å². The van der Waals surface area contributed by atoms with Gasteiger partial charge in [0.25, 0.3) is 0 Å². The van der Waals surface area contributed by atoms with E-state index in [0.717, 1.165) is 6.33 Å². The number of aliphatic hydroxyl groups is 1. The first kappa shape index (κ1) is 26.4. The third-order valence-corrected chi connectivity index (χ3v) is 5.23. The highest BCUT2D eigenvalue weighted by Gasteiger charge is 2.51. The van der Waals surface area contributed by atoms with Gasteiger partial charge in [0.15, 0.2) is 23.8 Å². The zero-order valence-electron chi connectivity index (χ0n) is 17.9. The van der Waals surface area contributed by atoms with Gasteiger partial charge < -0.3 is 46.5 Å². The number of rotatable bonds is 10. The lowest BCUT2D eigenvalue weighted by molar-refractivity contribution is -0.157. The van der Waals surface area contributed by atoms with Crippen LogP contribution in [0.2, 0.25) is 0 Å². The van der Waals surface area contributed by atoms with Crippen LogP contribution in [0.15, 0.2) is 12.7 Å². The summed E-state index contributed by atoms with van der Waals surface area (Å²) in [6.07, 6.45) is -3.44. The first-order chi connectivity index (χ1) is 16.5. The Bertz CT molecular complexity index is 1140. The van der Waals surface area contributed by atoms with E-state index in [0.29, 0.717) is 0 Å². The number of ether oxygens (including phenoxy) is 2. The molecule has 1 fully saturated rings. The van der Waals surface area contributed by atoms with Crippen molar-refractivity contribution in [2.45, 2.75) is 24.5 Å². The van der Waals surface area contributed by atoms with Gasteiger partial charge in [0, 0.05) is 0 Å². The first-order valence-electron chi connectivity index (χ1n) is 9.90. The summed E-state index contributed by atoms with van der Waals surface area (Å²) in [6.45, 7) is -2.20. The maximum Gasteiger partial charge on any atom is 0.470 e. The SMILES string of the molecule is NCC(=O)NCC(=O)NCC(=O)O[C@@H]1[C@H](OP(=O)(O)O)[C@@H](CO)O[C@H]1n1cnc2c(N)ncnc21. The summed E-state index contributed by atoms with van der Waals surface area (Å²) < 4.78 is 28.5. The maximum absolute atomic E-state index is 12.5. The number of aromatic nitrogens is 4. The minimum Gasteiger partial charge on any atom is -0.453 e. The van der Waals surface area contributed by atoms with Crippen LogP contribution >= 0.6 is 7.82 Å². The largest absolute Gasteiger partial charge is 0.470 e. The molecule has 35 heavy (non-hydrogen) atoms. The fraction of sp³-hybridized carbons (Fsp3) is 0.500. The summed E-state index contributed by atoms with van der Waals surface area (Å²) in [7, 11) is -5.13. The van der Waals surface area contributed by atoms with Gasteiger partial charge in [-0.15, -0.1) is 0 Å². The second kappa shape index (κ2) is 11.0. The Balaban J connectivity index is 1.81. The molecule has 0 bridgehead atoms. The zero-order chi connectivity index (χ0) is 25.8. The molecular weight excluding hydrogens is 495 g/mol. The molecule has 0 saturated carbocycles. The molecule has 0 aliphatic carbocycles. The average Bonchev–Trinajstić information content (AvgIpc) is 3.37. The Morgan fingerprint density at radius 1 is 1.14 bits per heavy atom. The highest BCUT2D eigenvalue weighted by atomic mass is 31.2. The van der Waals surface area contributed by atoms with E-state index in [1.165, 1.54) is 10.9 Å². The highest BCUT2D eigenvalue weighted by Crippen LogP contribution is 2.45. The van der Waals surface area contributed by atoms with Crippen LogP contribution in [0.4, 0.5) is 5.82 Å². The zero-order valence-corrected chi connectivity index (χ0v) is 18.8. The Morgan fingerprint density at radius 2 is 1.86 bits per heavy atom. The van der Waals surface area contributed by atoms with Crippen LogP contribution in [-0.2, 0) is 32.9 Å². The molecule has 3 rings (SSSR count). The summed E-state index contributed by atoms with van der Waals surface area (Å²) in [6, 6.07) is 0. The van der Waals surface area contributed by atoms with Crippen molar-refractivity contribution >= 4 is 42.6 Å². The van der Waals surface area contributed by atoms with Gasteiger partial charge in [0.05, 0.1) is 26.0 Å². The smallest absolute Gasteiger partial charge is 0.453 e. The molecule has 1 aliphatic rings. The molecule has 19 heteroatoms. The molecule has 0 radical (unpaired) electrons. The van der Waals surface area contributed by atoms with Gasteiger partial charge in [-0.3, -0.25) is 23.5 Å². The number of hydrogen-bond donors (Lipinski definition) is 7. The fourth-order valence-electron chi connectivity index (χ4n) is 3.22. The fourth-order valence-corrected chi connectivity index (χ4v) is 3.80. The van der Waals surface area contributed by atoms with Crippen LogP contribution in [0, 0.1) is 0 Å². The Labute approximate surface area is 196 Å². The number of nitrogens with one attached hydrogen (secondary N) is 2. The molecular formula is C16H23N8O10P. The van der Waals surface area contributed by atoms with Gasteiger partial charge in [-0.2, -0.15) is 0 Å². The summed E-state index contributed by atoms with van der Waals surface area (Å²) in [5.74, 6) is -2.32. The van der Waals surface area contributed by atoms with Gasteiger partial charge in [0.2, 0.25) is 11.8 Å². The summed E-state index contributed by atoms with van der Waals surface area (Å²) in [4.78, 5) is 65.9. The molecule has 0 aromatic carbocycles. The number of nitrogens with two attached hydrogens (primary N) is 2. The number of anilines is 1. The lowest BCUT2D eigenvalue weighted by Gasteiger charge is -2.24. The molecule has 192 valence electrons. The number of hydrogen-bond acceptors (Lipinski definition) is 13. The minimum atomic E-state index is -5.13. The third kappa shape index (κ3) is 6.45. The number of fused-ring (bicyclic) bond motifs is 1. The molecule has 2 amide bonds. The third-order valence-electron chi connectivity index (χ3n) is 4.71. The van der Waals surface area contributed by atoms with Crippen LogP contribution in [0.5, 0.6) is 0 Å². The van der Waals surface area contributed by atoms with E-state index in [2.05, 4.69) is 25.6 Å². The molecule has 2 aromatic heterocycles. The Morgan fingerprint density at radius 3 is 2.51 bits per heavy atom. The van der Waals surface area contributed by atoms with E-state index in [9.17, 15) is 33.8 Å². The van der Waals surface area contributed by atoms with Crippen LogP contribution < -0.4 is 22.1 Å². The number of nitrogens with zero attached hydrogens (tertiary/aromatic N) is 4. The van der Waals surface area contributed by atoms with Crippen molar-refractivity contribution in [2.75, 3.05) is 32.0 Å². The van der Waals surface area contributed by atoms with E-state index in [1.807, 2.05) is 0 Å². The van der Waals surface area contributed by atoms with Crippen molar-refractivity contribution in [3.8, 4) is 0 Å². The van der Waals surface area contributed by atoms with Gasteiger partial charge in [-0.25, -0.2) is 19.5 Å². The second-order valence-electron chi connectivity index (χ2n) is 7.10. The first-order valence-corrected chi connectivity index (χ1v) is 11.4. The number of nitrogen functional groups attached to an aromatic ring is 1. The Hall–Kier alpha value is -3.25. The van der Waals surface area contributed by atoms with E-state index < -0.39 is 69.8 Å². The number of amides is 2. The van der Waals surface area contributed by atoms with Crippen LogP contribution in [0.25, 0.3) is 11.2 Å². The van der Waals surface area contributed by atoms with Crippen molar-refractivity contribution in [3.05, 3.63) is 12.7 Å². The molecule has 0 unspecified atom stereocenters. The summed E-state index contributed by atoms with van der Waals surface area (Å²) in [5, 5.41) is 14.1. The van der Waals surface area contributed by atoms with Gasteiger partial charge >= 0.3 is 13.8 Å². The molecule has 3 heterocycles. The lowest BCUT2D eigenvalue weighted by atomic mass is 10.1. The topological polar surface area (TPSA) is 276 Å². The quantitative estimate of drug-likeness (QED) is 0.116. The van der Waals surface area contributed by atoms with Crippen molar-refractivity contribution in [1.82, 2.24) is 30.2 Å². The summed E-state index contributed by atoms with van der Waals surface area (Å²) in [5.41, 5.74) is 11.2. The number of carbonyl (C=O) groups is 3. The number of phosphoric ester groups is 1. The number of aliphatic hydroxyl groups excluding tert-OH is 1. The molecule has 1 aliphatic heterocycles. The van der Waals surface area contributed by atoms with Gasteiger partial charge in [0.1, 0.15) is 30.6 Å². The molecule has 1 saturated heterocycles. The number of imidazole rings is 1. The minimum absolute atomic E-state index is 0.0338. The molecule has 0 spiro atoms. The average molecular weight is 518 g/mol. The maximum atomic E-state index is 12.5. The number of carbonyl (C=O) groups excluding carboxylic acids is 3. The molecule has 18 nitrogen and oxygen atoms in total. The monoisotopic (exact) mass is 518 g/mol. The molecule has 2 aromatic rings. The van der Waals surface area contributed by atoms with Crippen LogP contribution in [0.1, 0.15) is 6.23 Å². The highest BCUT2D eigenvalue weighted by molar-refractivity contribution is 7.46. The predicted molar refractivity (Wildman–Crippen MR) is 113 cm³/mol. The second-order valence-corrected chi connectivity index (χ2v) is 8.30. The Kier molecular flexibility index (Phi) is 8.28. The van der Waals surface area contributed by atoms with Crippen molar-refractivity contribution in [3.63, 3.8) is 0 Å². The molecule has 9 N–H and O–H groups in total. The lowest BCUT2D eigenvalue weighted by Crippen LogP contribution is -2.43.